The first-order chi connectivity index (χ1) is 8.48. The maximum absolute atomic E-state index is 12.0. The second-order valence-corrected chi connectivity index (χ2v) is 4.73. The molecule has 0 spiro atoms. The molecule has 4 heteroatoms. The second-order valence-electron chi connectivity index (χ2n) is 4.73. The fourth-order valence-electron chi connectivity index (χ4n) is 2.73. The van der Waals surface area contributed by atoms with Gasteiger partial charge in [-0.15, -0.1) is 12.3 Å². The number of Topliss-reactive ketones (excluding diaryl/α,β-unsaturated/α-hetero) is 2. The van der Waals surface area contributed by atoms with E-state index < -0.39 is 11.4 Å². The maximum Gasteiger partial charge on any atom is 0.320 e. The van der Waals surface area contributed by atoms with Crippen molar-refractivity contribution in [2.24, 2.45) is 11.3 Å². The molecule has 2 atom stereocenters. The quantitative estimate of drug-likeness (QED) is 0.431. The van der Waals surface area contributed by atoms with Crippen LogP contribution in [0.4, 0.5) is 0 Å². The van der Waals surface area contributed by atoms with Crippen molar-refractivity contribution in [3.63, 3.8) is 0 Å². The van der Waals surface area contributed by atoms with Gasteiger partial charge in [0.15, 0.2) is 0 Å². The van der Waals surface area contributed by atoms with Crippen molar-refractivity contribution in [1.82, 2.24) is 0 Å². The predicted octanol–water partition coefficient (Wildman–Crippen LogP) is 1.52. The molecule has 0 aromatic carbocycles. The molecule has 4 nitrogen and oxygen atoms in total. The van der Waals surface area contributed by atoms with Crippen molar-refractivity contribution in [2.75, 3.05) is 7.11 Å². The molecule has 0 aromatic heterocycles. The molecule has 98 valence electrons. The van der Waals surface area contributed by atoms with Crippen LogP contribution in [0.25, 0.3) is 0 Å². The molecule has 1 fully saturated rings. The Balaban J connectivity index is 3.16. The molecule has 0 amide bonds. The SMILES string of the molecule is C#CC[C@@](C(C)=O)(C(=O)OC)[C@@H]1CCCC(=O)C1. The van der Waals surface area contributed by atoms with Crippen molar-refractivity contribution < 1.29 is 19.1 Å². The summed E-state index contributed by atoms with van der Waals surface area (Å²) in [6, 6.07) is 0. The lowest BCUT2D eigenvalue weighted by molar-refractivity contribution is -0.162. The van der Waals surface area contributed by atoms with E-state index in [9.17, 15) is 14.4 Å². The van der Waals surface area contributed by atoms with Gasteiger partial charge in [0.1, 0.15) is 17.0 Å². The van der Waals surface area contributed by atoms with Crippen LogP contribution < -0.4 is 0 Å². The predicted molar refractivity (Wildman–Crippen MR) is 65.5 cm³/mol. The van der Waals surface area contributed by atoms with Crippen LogP contribution in [-0.4, -0.2) is 24.6 Å². The highest BCUT2D eigenvalue weighted by atomic mass is 16.5. The number of rotatable bonds is 4. The lowest BCUT2D eigenvalue weighted by Crippen LogP contribution is -2.47. The third-order valence-electron chi connectivity index (χ3n) is 3.74. The van der Waals surface area contributed by atoms with Gasteiger partial charge in [-0.05, 0) is 25.7 Å². The van der Waals surface area contributed by atoms with Gasteiger partial charge in [-0.1, -0.05) is 0 Å². The highest BCUT2D eigenvalue weighted by molar-refractivity contribution is 6.04. The second kappa shape index (κ2) is 5.81. The number of methoxy groups -OCH3 is 1. The summed E-state index contributed by atoms with van der Waals surface area (Å²) in [4.78, 5) is 35.5. The largest absolute Gasteiger partial charge is 0.468 e. The molecule has 1 rings (SSSR count). The van der Waals surface area contributed by atoms with E-state index in [2.05, 4.69) is 5.92 Å². The van der Waals surface area contributed by atoms with Gasteiger partial charge in [0.2, 0.25) is 0 Å². The Morgan fingerprint density at radius 2 is 2.22 bits per heavy atom. The number of terminal acetylenes is 1. The molecule has 0 N–H and O–H groups in total. The molecule has 1 aliphatic carbocycles. The molecule has 0 bridgehead atoms. The molecule has 0 unspecified atom stereocenters. The maximum atomic E-state index is 12.0. The number of carbonyl (C=O) groups is 3. The van der Waals surface area contributed by atoms with Crippen molar-refractivity contribution in [1.29, 1.82) is 0 Å². The Morgan fingerprint density at radius 3 is 2.67 bits per heavy atom. The molecule has 0 saturated heterocycles. The summed E-state index contributed by atoms with van der Waals surface area (Å²) in [5.74, 6) is 1.20. The number of carbonyl (C=O) groups excluding carboxylic acids is 3. The topological polar surface area (TPSA) is 60.4 Å². The van der Waals surface area contributed by atoms with E-state index >= 15 is 0 Å². The minimum Gasteiger partial charge on any atom is -0.468 e. The van der Waals surface area contributed by atoms with Gasteiger partial charge in [0.25, 0.3) is 0 Å². The third kappa shape index (κ3) is 2.45. The first-order valence-corrected chi connectivity index (χ1v) is 6.03. The van der Waals surface area contributed by atoms with E-state index in [4.69, 9.17) is 11.2 Å². The molecule has 0 radical (unpaired) electrons. The standard InChI is InChI=1S/C14H18O4/c1-4-8-14(10(2)15,13(17)18-3)11-6-5-7-12(16)9-11/h1,11H,5-9H2,2-3H3/t11-,14+/m1/s1. The summed E-state index contributed by atoms with van der Waals surface area (Å²) in [6.07, 6.45) is 7.38. The van der Waals surface area contributed by atoms with Gasteiger partial charge in [-0.25, -0.2) is 0 Å². The summed E-state index contributed by atoms with van der Waals surface area (Å²) >= 11 is 0. The van der Waals surface area contributed by atoms with Crippen LogP contribution in [0.1, 0.15) is 39.0 Å². The molecular formula is C14H18O4. The van der Waals surface area contributed by atoms with E-state index in [-0.39, 0.29) is 30.3 Å². The average Bonchev–Trinajstić information content (AvgIpc) is 2.34. The van der Waals surface area contributed by atoms with Crippen LogP contribution >= 0.6 is 0 Å². The van der Waals surface area contributed by atoms with Crippen molar-refractivity contribution in [3.05, 3.63) is 0 Å². The molecule has 0 aromatic rings. The van der Waals surface area contributed by atoms with Gasteiger partial charge >= 0.3 is 5.97 Å². The Bertz CT molecular complexity index is 405. The average molecular weight is 250 g/mol. The summed E-state index contributed by atoms with van der Waals surface area (Å²) in [5, 5.41) is 0. The Hall–Kier alpha value is -1.63. The first kappa shape index (κ1) is 14.4. The van der Waals surface area contributed by atoms with Gasteiger partial charge in [-0.3, -0.25) is 14.4 Å². The normalized spacial score (nSPS) is 22.7. The Kier molecular flexibility index (Phi) is 4.66. The van der Waals surface area contributed by atoms with E-state index in [1.54, 1.807) is 0 Å². The number of esters is 1. The van der Waals surface area contributed by atoms with Gasteiger partial charge < -0.3 is 4.74 Å². The first-order valence-electron chi connectivity index (χ1n) is 6.03. The number of hydrogen-bond donors (Lipinski definition) is 0. The minimum absolute atomic E-state index is 0.00699. The van der Waals surface area contributed by atoms with E-state index in [0.29, 0.717) is 19.3 Å². The Labute approximate surface area is 107 Å². The van der Waals surface area contributed by atoms with Gasteiger partial charge in [0, 0.05) is 19.3 Å². The van der Waals surface area contributed by atoms with E-state index in [1.165, 1.54) is 14.0 Å². The molecule has 1 saturated carbocycles. The zero-order valence-corrected chi connectivity index (χ0v) is 10.8. The minimum atomic E-state index is -1.35. The lowest BCUT2D eigenvalue weighted by atomic mass is 9.64. The summed E-state index contributed by atoms with van der Waals surface area (Å²) < 4.78 is 4.75. The number of ketones is 2. The van der Waals surface area contributed by atoms with E-state index in [1.807, 2.05) is 0 Å². The van der Waals surface area contributed by atoms with Crippen LogP contribution in [0, 0.1) is 23.7 Å². The van der Waals surface area contributed by atoms with Crippen LogP contribution in [0.15, 0.2) is 0 Å². The summed E-state index contributed by atoms with van der Waals surface area (Å²) in [6.45, 7) is 1.34. The third-order valence-corrected chi connectivity index (χ3v) is 3.74. The molecule has 18 heavy (non-hydrogen) atoms. The lowest BCUT2D eigenvalue weighted by Gasteiger charge is -2.36. The zero-order valence-electron chi connectivity index (χ0n) is 10.8. The smallest absolute Gasteiger partial charge is 0.320 e. The van der Waals surface area contributed by atoms with Crippen LogP contribution in [0.5, 0.6) is 0 Å². The fourth-order valence-corrected chi connectivity index (χ4v) is 2.73. The van der Waals surface area contributed by atoms with Crippen LogP contribution in [0.3, 0.4) is 0 Å². The summed E-state index contributed by atoms with van der Waals surface area (Å²) in [5.41, 5.74) is -1.35. The van der Waals surface area contributed by atoms with Crippen molar-refractivity contribution in [3.8, 4) is 12.3 Å². The van der Waals surface area contributed by atoms with Crippen LogP contribution in [-0.2, 0) is 19.1 Å². The van der Waals surface area contributed by atoms with E-state index in [0.717, 1.165) is 0 Å². The molecule has 1 aliphatic rings. The molecule has 0 aliphatic heterocycles. The molecular weight excluding hydrogens is 232 g/mol. The molecule has 0 heterocycles. The monoisotopic (exact) mass is 250 g/mol. The number of ether oxygens (including phenoxy) is 1. The zero-order chi connectivity index (χ0) is 13.8. The van der Waals surface area contributed by atoms with Gasteiger partial charge in [-0.2, -0.15) is 0 Å². The Morgan fingerprint density at radius 1 is 1.56 bits per heavy atom. The van der Waals surface area contributed by atoms with Crippen molar-refractivity contribution in [2.45, 2.75) is 39.0 Å². The number of hydrogen-bond acceptors (Lipinski definition) is 4. The van der Waals surface area contributed by atoms with Gasteiger partial charge in [0.05, 0.1) is 7.11 Å². The van der Waals surface area contributed by atoms with Crippen molar-refractivity contribution >= 4 is 17.5 Å². The fraction of sp³-hybridized carbons (Fsp3) is 0.643. The van der Waals surface area contributed by atoms with Crippen LogP contribution in [0.2, 0.25) is 0 Å². The summed E-state index contributed by atoms with van der Waals surface area (Å²) in [7, 11) is 1.24. The highest BCUT2D eigenvalue weighted by Crippen LogP contribution is 2.42. The highest BCUT2D eigenvalue weighted by Gasteiger charge is 2.51.